The number of aryl methyl sites for hydroxylation is 2. The molecular formula is C20H16ClN3. The van der Waals surface area contributed by atoms with Gasteiger partial charge in [-0.25, -0.2) is 9.67 Å². The molecule has 0 saturated carbocycles. The van der Waals surface area contributed by atoms with Crippen molar-refractivity contribution in [3.63, 3.8) is 0 Å². The Morgan fingerprint density at radius 1 is 0.958 bits per heavy atom. The number of hydrogen-bond donors (Lipinski definition) is 0. The molecule has 0 radical (unpaired) electrons. The summed E-state index contributed by atoms with van der Waals surface area (Å²) in [6.07, 6.45) is 3.85. The van der Waals surface area contributed by atoms with E-state index in [1.807, 2.05) is 60.4 Å². The average Bonchev–Trinajstić information content (AvgIpc) is 3.07. The maximum absolute atomic E-state index is 6.10. The Hall–Kier alpha value is -2.65. The molecule has 4 aromatic rings. The molecule has 0 unspecified atom stereocenters. The van der Waals surface area contributed by atoms with Crippen molar-refractivity contribution in [2.45, 2.75) is 13.8 Å². The molecule has 0 aliphatic rings. The van der Waals surface area contributed by atoms with Crippen LogP contribution in [-0.2, 0) is 0 Å². The van der Waals surface area contributed by atoms with Crippen molar-refractivity contribution in [3.05, 3.63) is 77.1 Å². The molecule has 0 amide bonds. The van der Waals surface area contributed by atoms with Crippen LogP contribution in [0.4, 0.5) is 0 Å². The van der Waals surface area contributed by atoms with Crippen LogP contribution in [0, 0.1) is 13.8 Å². The van der Waals surface area contributed by atoms with Gasteiger partial charge in [0.2, 0.25) is 0 Å². The van der Waals surface area contributed by atoms with Crippen LogP contribution in [0.2, 0.25) is 5.02 Å². The lowest BCUT2D eigenvalue weighted by molar-refractivity contribution is 0.879. The molecule has 2 aromatic carbocycles. The van der Waals surface area contributed by atoms with E-state index in [-0.39, 0.29) is 0 Å². The number of fused-ring (bicyclic) bond motifs is 1. The first kappa shape index (κ1) is 14.9. The van der Waals surface area contributed by atoms with E-state index in [1.54, 1.807) is 0 Å². The van der Waals surface area contributed by atoms with Crippen molar-refractivity contribution in [3.8, 4) is 16.9 Å². The van der Waals surface area contributed by atoms with Gasteiger partial charge in [-0.1, -0.05) is 29.8 Å². The van der Waals surface area contributed by atoms with E-state index >= 15 is 0 Å². The van der Waals surface area contributed by atoms with Gasteiger partial charge in [-0.3, -0.25) is 0 Å². The minimum absolute atomic E-state index is 0.762. The van der Waals surface area contributed by atoms with Crippen molar-refractivity contribution in [1.82, 2.24) is 14.8 Å². The number of nitrogens with zero attached hydrogens (tertiary/aromatic N) is 3. The molecule has 4 heteroatoms. The van der Waals surface area contributed by atoms with E-state index in [4.69, 9.17) is 16.6 Å². The monoisotopic (exact) mass is 333 g/mol. The Balaban J connectivity index is 1.78. The Morgan fingerprint density at radius 3 is 2.62 bits per heavy atom. The number of rotatable bonds is 2. The molecule has 118 valence electrons. The van der Waals surface area contributed by atoms with Crippen molar-refractivity contribution < 1.29 is 0 Å². The predicted molar refractivity (Wildman–Crippen MR) is 98.8 cm³/mol. The van der Waals surface area contributed by atoms with E-state index in [9.17, 15) is 0 Å². The van der Waals surface area contributed by atoms with Crippen LogP contribution >= 0.6 is 11.6 Å². The van der Waals surface area contributed by atoms with Gasteiger partial charge >= 0.3 is 0 Å². The van der Waals surface area contributed by atoms with Crippen LogP contribution in [0.25, 0.3) is 27.8 Å². The standard InChI is InChI=1S/C20H16ClN3/c1-13-10-20(23-19-6-4-3-5-17(13)19)15-11-22-24(12-15)16-7-8-18(21)14(2)9-16/h3-12H,1-2H3. The van der Waals surface area contributed by atoms with Crippen molar-refractivity contribution >= 4 is 22.5 Å². The largest absolute Gasteiger partial charge is 0.248 e. The molecule has 2 heterocycles. The van der Waals surface area contributed by atoms with E-state index < -0.39 is 0 Å². The minimum Gasteiger partial charge on any atom is -0.248 e. The molecule has 0 bridgehead atoms. The van der Waals surface area contributed by atoms with Crippen LogP contribution in [0.5, 0.6) is 0 Å². The first-order valence-electron chi connectivity index (χ1n) is 7.80. The molecule has 0 fully saturated rings. The fraction of sp³-hybridized carbons (Fsp3) is 0.100. The van der Waals surface area contributed by atoms with Gasteiger partial charge in [0, 0.05) is 22.2 Å². The highest BCUT2D eigenvalue weighted by atomic mass is 35.5. The lowest BCUT2D eigenvalue weighted by Crippen LogP contribution is -1.94. The molecule has 3 nitrogen and oxygen atoms in total. The second-order valence-corrected chi connectivity index (χ2v) is 6.36. The lowest BCUT2D eigenvalue weighted by Gasteiger charge is -2.05. The van der Waals surface area contributed by atoms with Gasteiger partial charge < -0.3 is 0 Å². The number of hydrogen-bond acceptors (Lipinski definition) is 2. The predicted octanol–water partition coefficient (Wildman–Crippen LogP) is 5.36. The van der Waals surface area contributed by atoms with E-state index in [0.29, 0.717) is 0 Å². The van der Waals surface area contributed by atoms with Crippen molar-refractivity contribution in [2.24, 2.45) is 0 Å². The summed E-state index contributed by atoms with van der Waals surface area (Å²) in [6.45, 7) is 4.10. The third-order valence-corrected chi connectivity index (χ3v) is 4.63. The number of para-hydroxylation sites is 1. The Bertz CT molecular complexity index is 1050. The summed E-state index contributed by atoms with van der Waals surface area (Å²) in [5.74, 6) is 0. The highest BCUT2D eigenvalue weighted by Gasteiger charge is 2.08. The normalized spacial score (nSPS) is 11.1. The SMILES string of the molecule is Cc1cc(-n2cc(-c3cc(C)c4ccccc4n3)cn2)ccc1Cl. The average molecular weight is 334 g/mol. The molecule has 0 N–H and O–H groups in total. The van der Waals surface area contributed by atoms with Crippen LogP contribution in [0.15, 0.2) is 60.9 Å². The fourth-order valence-electron chi connectivity index (χ4n) is 2.87. The highest BCUT2D eigenvalue weighted by Crippen LogP contribution is 2.25. The second kappa shape index (κ2) is 5.77. The molecule has 0 saturated heterocycles. The topological polar surface area (TPSA) is 30.7 Å². The summed E-state index contributed by atoms with van der Waals surface area (Å²) in [5, 5.41) is 6.42. The molecule has 0 atom stereocenters. The maximum Gasteiger partial charge on any atom is 0.0744 e. The van der Waals surface area contributed by atoms with Gasteiger partial charge in [-0.2, -0.15) is 5.10 Å². The first-order chi connectivity index (χ1) is 11.6. The van der Waals surface area contributed by atoms with Gasteiger partial charge in [0.25, 0.3) is 0 Å². The van der Waals surface area contributed by atoms with Crippen LogP contribution < -0.4 is 0 Å². The summed E-state index contributed by atoms with van der Waals surface area (Å²) in [4.78, 5) is 4.77. The molecule has 0 aliphatic heterocycles. The van der Waals surface area contributed by atoms with Crippen LogP contribution in [0.3, 0.4) is 0 Å². The smallest absolute Gasteiger partial charge is 0.0744 e. The summed E-state index contributed by atoms with van der Waals surface area (Å²) in [6, 6.07) is 16.2. The Morgan fingerprint density at radius 2 is 1.79 bits per heavy atom. The minimum atomic E-state index is 0.762. The molecule has 4 rings (SSSR count). The Kier molecular flexibility index (Phi) is 3.58. The number of benzene rings is 2. The zero-order valence-corrected chi connectivity index (χ0v) is 14.2. The zero-order chi connectivity index (χ0) is 16.7. The van der Waals surface area contributed by atoms with Crippen LogP contribution in [0.1, 0.15) is 11.1 Å². The molecule has 2 aromatic heterocycles. The third-order valence-electron chi connectivity index (χ3n) is 4.21. The van der Waals surface area contributed by atoms with E-state index in [2.05, 4.69) is 24.2 Å². The summed E-state index contributed by atoms with van der Waals surface area (Å²) in [5.41, 5.74) is 6.17. The lowest BCUT2D eigenvalue weighted by atomic mass is 10.1. The number of pyridine rings is 1. The van der Waals surface area contributed by atoms with Crippen LogP contribution in [-0.4, -0.2) is 14.8 Å². The van der Waals surface area contributed by atoms with E-state index in [1.165, 1.54) is 10.9 Å². The van der Waals surface area contributed by atoms with Gasteiger partial charge in [0.15, 0.2) is 0 Å². The summed E-state index contributed by atoms with van der Waals surface area (Å²) in [7, 11) is 0. The quantitative estimate of drug-likeness (QED) is 0.494. The number of aromatic nitrogens is 3. The zero-order valence-electron chi connectivity index (χ0n) is 13.5. The van der Waals surface area contributed by atoms with Crippen molar-refractivity contribution in [1.29, 1.82) is 0 Å². The van der Waals surface area contributed by atoms with Gasteiger partial charge in [0.1, 0.15) is 0 Å². The second-order valence-electron chi connectivity index (χ2n) is 5.95. The Labute approximate surface area is 145 Å². The molecule has 0 spiro atoms. The highest BCUT2D eigenvalue weighted by molar-refractivity contribution is 6.31. The summed E-state index contributed by atoms with van der Waals surface area (Å²) >= 11 is 6.10. The van der Waals surface area contributed by atoms with Crippen molar-refractivity contribution in [2.75, 3.05) is 0 Å². The number of halogens is 1. The first-order valence-corrected chi connectivity index (χ1v) is 8.17. The third kappa shape index (κ3) is 2.57. The summed E-state index contributed by atoms with van der Waals surface area (Å²) < 4.78 is 1.85. The molecular weight excluding hydrogens is 318 g/mol. The fourth-order valence-corrected chi connectivity index (χ4v) is 2.98. The molecule has 24 heavy (non-hydrogen) atoms. The molecule has 0 aliphatic carbocycles. The van der Waals surface area contributed by atoms with E-state index in [0.717, 1.165) is 33.0 Å². The van der Waals surface area contributed by atoms with Gasteiger partial charge in [-0.15, -0.1) is 0 Å². The van der Waals surface area contributed by atoms with Gasteiger partial charge in [0.05, 0.1) is 23.1 Å². The van der Waals surface area contributed by atoms with Gasteiger partial charge in [-0.05, 0) is 55.3 Å². The maximum atomic E-state index is 6.10.